The average molecular weight is 323 g/mol. The number of halogens is 1. The maximum absolute atomic E-state index is 12.7. The molecule has 1 atom stereocenters. The predicted molar refractivity (Wildman–Crippen MR) is 79.4 cm³/mol. The summed E-state index contributed by atoms with van der Waals surface area (Å²) in [5.74, 6) is 0. The topological polar surface area (TPSA) is 49.4 Å². The molecule has 2 heterocycles. The Bertz CT molecular complexity index is 510. The zero-order chi connectivity index (χ0) is 13.9. The Kier molecular flexibility index (Phi) is 5.25. The van der Waals surface area contributed by atoms with Crippen molar-refractivity contribution in [1.29, 1.82) is 0 Å². The van der Waals surface area contributed by atoms with E-state index in [9.17, 15) is 8.42 Å². The molecule has 0 aromatic carbocycles. The first-order valence-corrected chi connectivity index (χ1v) is 9.17. The molecule has 1 aliphatic rings. The molecule has 0 radical (unpaired) electrons. The van der Waals surface area contributed by atoms with E-state index < -0.39 is 10.0 Å². The Labute approximate surface area is 123 Å². The smallest absolute Gasteiger partial charge is 0.252 e. The lowest BCUT2D eigenvalue weighted by Crippen LogP contribution is -2.48. The molecule has 19 heavy (non-hydrogen) atoms. The molecule has 0 spiro atoms. The maximum atomic E-state index is 12.7. The molecule has 1 saturated heterocycles. The third-order valence-corrected chi connectivity index (χ3v) is 6.88. The summed E-state index contributed by atoms with van der Waals surface area (Å²) in [5, 5.41) is 3.27. The van der Waals surface area contributed by atoms with Crippen LogP contribution in [0.3, 0.4) is 0 Å². The van der Waals surface area contributed by atoms with Gasteiger partial charge in [0.15, 0.2) is 0 Å². The second kappa shape index (κ2) is 6.54. The highest BCUT2D eigenvalue weighted by molar-refractivity contribution is 7.91. The monoisotopic (exact) mass is 322 g/mol. The highest BCUT2D eigenvalue weighted by Crippen LogP contribution is 2.30. The molecule has 2 rings (SSSR count). The zero-order valence-electron chi connectivity index (χ0n) is 10.9. The summed E-state index contributed by atoms with van der Waals surface area (Å²) in [6, 6.07) is 3.29. The van der Waals surface area contributed by atoms with Crippen LogP contribution < -0.4 is 5.32 Å². The van der Waals surface area contributed by atoms with Crippen LogP contribution in [0.5, 0.6) is 0 Å². The van der Waals surface area contributed by atoms with Crippen molar-refractivity contribution in [3.05, 3.63) is 16.5 Å². The number of thiophene rings is 1. The third-order valence-electron chi connectivity index (χ3n) is 3.23. The molecule has 0 aliphatic carbocycles. The first-order chi connectivity index (χ1) is 9.05. The van der Waals surface area contributed by atoms with Crippen LogP contribution in [0, 0.1) is 0 Å². The van der Waals surface area contributed by atoms with Gasteiger partial charge in [-0.1, -0.05) is 18.5 Å². The average Bonchev–Trinajstić information content (AvgIpc) is 2.84. The summed E-state index contributed by atoms with van der Waals surface area (Å²) in [6.07, 6.45) is 2.76. The molecule has 1 aliphatic heterocycles. The third kappa shape index (κ3) is 3.49. The number of hydrogen-bond donors (Lipinski definition) is 1. The molecule has 108 valence electrons. The van der Waals surface area contributed by atoms with Crippen molar-refractivity contribution < 1.29 is 8.42 Å². The fourth-order valence-electron chi connectivity index (χ4n) is 2.35. The van der Waals surface area contributed by atoms with Crippen LogP contribution in [0.2, 0.25) is 4.34 Å². The van der Waals surface area contributed by atoms with Crippen molar-refractivity contribution in [2.75, 3.05) is 19.6 Å². The Morgan fingerprint density at radius 2 is 2.32 bits per heavy atom. The molecule has 7 heteroatoms. The Hall–Kier alpha value is -0.140. The molecule has 0 bridgehead atoms. The van der Waals surface area contributed by atoms with E-state index in [0.29, 0.717) is 15.1 Å². The first kappa shape index (κ1) is 15.3. The molecular weight excluding hydrogens is 304 g/mol. The van der Waals surface area contributed by atoms with Gasteiger partial charge in [-0.15, -0.1) is 11.3 Å². The summed E-state index contributed by atoms with van der Waals surface area (Å²) in [4.78, 5) is 0. The van der Waals surface area contributed by atoms with E-state index in [4.69, 9.17) is 11.6 Å². The molecule has 1 unspecified atom stereocenters. The number of sulfonamides is 1. The van der Waals surface area contributed by atoms with E-state index >= 15 is 0 Å². The molecule has 1 N–H and O–H groups in total. The lowest BCUT2D eigenvalue weighted by Gasteiger charge is -2.33. The molecule has 1 aromatic rings. The van der Waals surface area contributed by atoms with Gasteiger partial charge in [-0.05, 0) is 37.9 Å². The lowest BCUT2D eigenvalue weighted by atomic mass is 10.1. The molecule has 4 nitrogen and oxygen atoms in total. The van der Waals surface area contributed by atoms with Crippen LogP contribution in [0.4, 0.5) is 0 Å². The Morgan fingerprint density at radius 1 is 1.53 bits per heavy atom. The van der Waals surface area contributed by atoms with E-state index in [2.05, 4.69) is 5.32 Å². The van der Waals surface area contributed by atoms with E-state index in [1.165, 1.54) is 0 Å². The van der Waals surface area contributed by atoms with E-state index in [0.717, 1.165) is 43.7 Å². The zero-order valence-corrected chi connectivity index (χ0v) is 13.3. The van der Waals surface area contributed by atoms with Crippen LogP contribution in [0.1, 0.15) is 26.2 Å². The fraction of sp³-hybridized carbons (Fsp3) is 0.667. The van der Waals surface area contributed by atoms with Crippen molar-refractivity contribution >= 4 is 33.0 Å². The first-order valence-electron chi connectivity index (χ1n) is 6.53. The maximum Gasteiger partial charge on any atom is 0.252 e. The van der Waals surface area contributed by atoms with Gasteiger partial charge in [0.05, 0.1) is 4.34 Å². The van der Waals surface area contributed by atoms with E-state index in [-0.39, 0.29) is 6.04 Å². The van der Waals surface area contributed by atoms with Gasteiger partial charge in [-0.2, -0.15) is 4.31 Å². The van der Waals surface area contributed by atoms with Crippen LogP contribution >= 0.6 is 22.9 Å². The molecular formula is C12H19ClN2O2S2. The minimum absolute atomic E-state index is 0.0552. The van der Waals surface area contributed by atoms with Gasteiger partial charge in [0.25, 0.3) is 10.0 Å². The number of rotatable bonds is 5. The molecule has 0 saturated carbocycles. The molecule has 1 fully saturated rings. The van der Waals surface area contributed by atoms with Crippen molar-refractivity contribution in [2.24, 2.45) is 0 Å². The number of piperidine rings is 1. The summed E-state index contributed by atoms with van der Waals surface area (Å²) < 4.78 is 27.9. The molecule has 0 amide bonds. The van der Waals surface area contributed by atoms with Crippen LogP contribution in [-0.2, 0) is 10.0 Å². The van der Waals surface area contributed by atoms with Gasteiger partial charge in [0.2, 0.25) is 0 Å². The second-order valence-corrected chi connectivity index (χ2v) is 8.51. The highest BCUT2D eigenvalue weighted by atomic mass is 35.5. The van der Waals surface area contributed by atoms with Gasteiger partial charge in [0, 0.05) is 19.1 Å². The summed E-state index contributed by atoms with van der Waals surface area (Å²) in [6.45, 7) is 4.27. The second-order valence-electron chi connectivity index (χ2n) is 4.67. The van der Waals surface area contributed by atoms with Crippen molar-refractivity contribution in [1.82, 2.24) is 9.62 Å². The summed E-state index contributed by atoms with van der Waals surface area (Å²) in [5.41, 5.74) is 0. The van der Waals surface area contributed by atoms with Crippen LogP contribution in [0.15, 0.2) is 16.3 Å². The molecule has 1 aromatic heterocycles. The number of hydrogen-bond acceptors (Lipinski definition) is 4. The largest absolute Gasteiger partial charge is 0.315 e. The normalized spacial score (nSPS) is 20.9. The van der Waals surface area contributed by atoms with Crippen molar-refractivity contribution in [3.63, 3.8) is 0 Å². The number of nitrogens with one attached hydrogen (secondary N) is 1. The fourth-order valence-corrected chi connectivity index (χ4v) is 5.71. The van der Waals surface area contributed by atoms with E-state index in [1.807, 2.05) is 6.92 Å². The lowest BCUT2D eigenvalue weighted by molar-refractivity contribution is 0.266. The van der Waals surface area contributed by atoms with Gasteiger partial charge in [-0.3, -0.25) is 0 Å². The minimum Gasteiger partial charge on any atom is -0.315 e. The van der Waals surface area contributed by atoms with Gasteiger partial charge < -0.3 is 5.32 Å². The van der Waals surface area contributed by atoms with Gasteiger partial charge in [-0.25, -0.2) is 8.42 Å². The Morgan fingerprint density at radius 3 is 2.84 bits per heavy atom. The van der Waals surface area contributed by atoms with Crippen molar-refractivity contribution in [3.8, 4) is 0 Å². The highest BCUT2D eigenvalue weighted by Gasteiger charge is 2.32. The van der Waals surface area contributed by atoms with Gasteiger partial charge >= 0.3 is 0 Å². The summed E-state index contributed by atoms with van der Waals surface area (Å²) >= 11 is 6.99. The summed E-state index contributed by atoms with van der Waals surface area (Å²) in [7, 11) is -3.41. The van der Waals surface area contributed by atoms with Crippen molar-refractivity contribution in [2.45, 2.75) is 36.4 Å². The van der Waals surface area contributed by atoms with Gasteiger partial charge in [0.1, 0.15) is 4.21 Å². The Balaban J connectivity index is 2.26. The number of nitrogens with zero attached hydrogens (tertiary/aromatic N) is 1. The van der Waals surface area contributed by atoms with Crippen LogP contribution in [0.25, 0.3) is 0 Å². The van der Waals surface area contributed by atoms with E-state index in [1.54, 1.807) is 16.4 Å². The standard InChI is InChI=1S/C12H19ClN2O2S2/c1-2-8-15(10-4-3-7-14-9-10)19(16,17)12-6-5-11(13)18-12/h5-6,10,14H,2-4,7-9H2,1H3. The SMILES string of the molecule is CCCN(C1CCCNC1)S(=O)(=O)c1ccc(Cl)s1. The quantitative estimate of drug-likeness (QED) is 0.906. The van der Waals surface area contributed by atoms with Crippen LogP contribution in [-0.4, -0.2) is 38.4 Å². The minimum atomic E-state index is -3.41. The predicted octanol–water partition coefficient (Wildman–Crippen LogP) is 2.55.